The summed E-state index contributed by atoms with van der Waals surface area (Å²) < 4.78 is 0. The Morgan fingerprint density at radius 2 is 2.21 bits per heavy atom. The van der Waals surface area contributed by atoms with Crippen LogP contribution in [0.4, 0.5) is 5.69 Å². The number of anilines is 1. The minimum Gasteiger partial charge on any atom is -0.329 e. The first-order valence-corrected chi connectivity index (χ1v) is 4.36. The Morgan fingerprint density at radius 1 is 1.36 bits per heavy atom. The molecule has 1 N–H and O–H groups in total. The molecule has 3 nitrogen and oxygen atoms in total. The van der Waals surface area contributed by atoms with Crippen molar-refractivity contribution in [1.82, 2.24) is 4.98 Å². The van der Waals surface area contributed by atoms with Crippen LogP contribution in [0.15, 0.2) is 30.6 Å². The number of pyridine rings is 1. The fourth-order valence-corrected chi connectivity index (χ4v) is 1.47. The first-order chi connectivity index (χ1) is 6.81. The second kappa shape index (κ2) is 3.46. The summed E-state index contributed by atoms with van der Waals surface area (Å²) in [6, 6.07) is 5.75. The molecular weight excluding hydrogens is 176 g/mol. The predicted octanol–water partition coefficient (Wildman–Crippen LogP) is 2.11. The quantitative estimate of drug-likeness (QED) is 0.730. The molecule has 0 saturated carbocycles. The van der Waals surface area contributed by atoms with Gasteiger partial charge in [0.15, 0.2) is 0 Å². The third-order valence-electron chi connectivity index (χ3n) is 2.19. The van der Waals surface area contributed by atoms with Crippen LogP contribution in [-0.4, -0.2) is 11.4 Å². The van der Waals surface area contributed by atoms with Gasteiger partial charge in [-0.15, -0.1) is 0 Å². The highest BCUT2D eigenvalue weighted by Gasteiger charge is 1.98. The summed E-state index contributed by atoms with van der Waals surface area (Å²) >= 11 is 0. The Balaban J connectivity index is 2.63. The van der Waals surface area contributed by atoms with Crippen LogP contribution >= 0.6 is 0 Å². The van der Waals surface area contributed by atoms with E-state index in [0.717, 1.165) is 22.0 Å². The van der Waals surface area contributed by atoms with Crippen molar-refractivity contribution in [3.05, 3.63) is 36.2 Å². The molecule has 1 aromatic heterocycles. The zero-order chi connectivity index (χ0) is 9.97. The summed E-state index contributed by atoms with van der Waals surface area (Å²) in [5.74, 6) is 0. The Labute approximate surface area is 81.8 Å². The van der Waals surface area contributed by atoms with Gasteiger partial charge in [-0.3, -0.25) is 9.78 Å². The largest absolute Gasteiger partial charge is 0.329 e. The zero-order valence-corrected chi connectivity index (χ0v) is 7.82. The van der Waals surface area contributed by atoms with Gasteiger partial charge in [-0.2, -0.15) is 0 Å². The molecule has 2 aromatic rings. The van der Waals surface area contributed by atoms with E-state index in [1.807, 2.05) is 37.5 Å². The minimum absolute atomic E-state index is 0.678. The van der Waals surface area contributed by atoms with E-state index in [1.165, 1.54) is 0 Å². The van der Waals surface area contributed by atoms with Gasteiger partial charge in [0.25, 0.3) is 0 Å². The molecule has 2 rings (SSSR count). The lowest BCUT2D eigenvalue weighted by Gasteiger charge is -2.03. The summed E-state index contributed by atoms with van der Waals surface area (Å²) in [7, 11) is 0. The smallest absolute Gasteiger partial charge is 0.211 e. The predicted molar refractivity (Wildman–Crippen MR) is 56.2 cm³/mol. The standard InChI is InChI=1S/C11H10N2O/c1-8-5-12-6-9-2-3-10(13-7-14)4-11(8)9/h2-7H,1H3,(H,13,14). The number of aryl methyl sites for hydroxylation is 1. The number of rotatable bonds is 2. The number of nitrogens with zero attached hydrogens (tertiary/aromatic N) is 1. The molecular formula is C11H10N2O. The van der Waals surface area contributed by atoms with Gasteiger partial charge in [0.1, 0.15) is 0 Å². The molecule has 70 valence electrons. The van der Waals surface area contributed by atoms with E-state index in [0.29, 0.717) is 6.41 Å². The van der Waals surface area contributed by atoms with Crippen molar-refractivity contribution in [2.75, 3.05) is 5.32 Å². The first-order valence-electron chi connectivity index (χ1n) is 4.36. The van der Waals surface area contributed by atoms with E-state index in [2.05, 4.69) is 10.3 Å². The zero-order valence-electron chi connectivity index (χ0n) is 7.82. The second-order valence-electron chi connectivity index (χ2n) is 3.15. The average molecular weight is 186 g/mol. The molecule has 0 aliphatic carbocycles. The maximum absolute atomic E-state index is 10.3. The van der Waals surface area contributed by atoms with Crippen molar-refractivity contribution in [2.45, 2.75) is 6.92 Å². The topological polar surface area (TPSA) is 42.0 Å². The number of amides is 1. The Hall–Kier alpha value is -1.90. The number of nitrogens with one attached hydrogen (secondary N) is 1. The van der Waals surface area contributed by atoms with Crippen LogP contribution in [0.3, 0.4) is 0 Å². The molecule has 1 amide bonds. The van der Waals surface area contributed by atoms with Gasteiger partial charge in [0, 0.05) is 23.5 Å². The summed E-state index contributed by atoms with van der Waals surface area (Å²) in [6.45, 7) is 2.00. The highest BCUT2D eigenvalue weighted by Crippen LogP contribution is 2.20. The van der Waals surface area contributed by atoms with Crippen LogP contribution < -0.4 is 5.32 Å². The van der Waals surface area contributed by atoms with Gasteiger partial charge < -0.3 is 5.32 Å². The molecule has 0 aliphatic heterocycles. The van der Waals surface area contributed by atoms with Crippen molar-refractivity contribution in [3.63, 3.8) is 0 Å². The first kappa shape index (κ1) is 8.69. The number of carbonyl (C=O) groups excluding carboxylic acids is 1. The van der Waals surface area contributed by atoms with E-state index in [9.17, 15) is 4.79 Å². The van der Waals surface area contributed by atoms with Crippen molar-refractivity contribution in [3.8, 4) is 0 Å². The molecule has 0 aliphatic rings. The SMILES string of the molecule is Cc1cncc2ccc(NC=O)cc12. The van der Waals surface area contributed by atoms with Crippen LogP contribution in [0.25, 0.3) is 10.8 Å². The van der Waals surface area contributed by atoms with Crippen LogP contribution in [0.1, 0.15) is 5.56 Å². The van der Waals surface area contributed by atoms with Gasteiger partial charge in [0.05, 0.1) is 0 Å². The average Bonchev–Trinajstić information content (AvgIpc) is 2.20. The summed E-state index contributed by atoms with van der Waals surface area (Å²) in [5, 5.41) is 4.83. The lowest BCUT2D eigenvalue weighted by atomic mass is 10.1. The molecule has 3 heteroatoms. The monoisotopic (exact) mass is 186 g/mol. The lowest BCUT2D eigenvalue weighted by molar-refractivity contribution is -0.105. The molecule has 0 saturated heterocycles. The van der Waals surface area contributed by atoms with Crippen LogP contribution in [0.2, 0.25) is 0 Å². The number of fused-ring (bicyclic) bond motifs is 1. The lowest BCUT2D eigenvalue weighted by Crippen LogP contribution is -1.93. The van der Waals surface area contributed by atoms with E-state index >= 15 is 0 Å². The Morgan fingerprint density at radius 3 is 3.00 bits per heavy atom. The third kappa shape index (κ3) is 1.44. The van der Waals surface area contributed by atoms with Crippen molar-refractivity contribution in [2.24, 2.45) is 0 Å². The van der Waals surface area contributed by atoms with Crippen molar-refractivity contribution >= 4 is 22.9 Å². The molecule has 0 bridgehead atoms. The molecule has 0 radical (unpaired) electrons. The van der Waals surface area contributed by atoms with E-state index in [4.69, 9.17) is 0 Å². The van der Waals surface area contributed by atoms with Gasteiger partial charge in [-0.25, -0.2) is 0 Å². The number of aromatic nitrogens is 1. The molecule has 14 heavy (non-hydrogen) atoms. The number of benzene rings is 1. The number of carbonyl (C=O) groups is 1. The van der Waals surface area contributed by atoms with Crippen LogP contribution in [0.5, 0.6) is 0 Å². The highest BCUT2D eigenvalue weighted by atomic mass is 16.1. The molecule has 1 aromatic carbocycles. The maximum Gasteiger partial charge on any atom is 0.211 e. The Bertz CT molecular complexity index is 480. The van der Waals surface area contributed by atoms with E-state index < -0.39 is 0 Å². The molecule has 0 fully saturated rings. The molecule has 0 unspecified atom stereocenters. The second-order valence-corrected chi connectivity index (χ2v) is 3.15. The maximum atomic E-state index is 10.3. The fourth-order valence-electron chi connectivity index (χ4n) is 1.47. The molecule has 1 heterocycles. The normalized spacial score (nSPS) is 10.1. The molecule has 0 atom stereocenters. The highest BCUT2D eigenvalue weighted by molar-refractivity contribution is 5.89. The molecule has 0 spiro atoms. The van der Waals surface area contributed by atoms with Gasteiger partial charge in [-0.1, -0.05) is 6.07 Å². The van der Waals surface area contributed by atoms with Crippen molar-refractivity contribution in [1.29, 1.82) is 0 Å². The number of hydrogen-bond acceptors (Lipinski definition) is 2. The van der Waals surface area contributed by atoms with Gasteiger partial charge >= 0.3 is 0 Å². The van der Waals surface area contributed by atoms with Gasteiger partial charge in [-0.05, 0) is 30.0 Å². The van der Waals surface area contributed by atoms with E-state index in [1.54, 1.807) is 0 Å². The summed E-state index contributed by atoms with van der Waals surface area (Å²) in [6.07, 6.45) is 4.30. The fraction of sp³-hybridized carbons (Fsp3) is 0.0909. The van der Waals surface area contributed by atoms with Crippen LogP contribution in [-0.2, 0) is 4.79 Å². The summed E-state index contributed by atoms with van der Waals surface area (Å²) in [5.41, 5.74) is 1.92. The Kier molecular flexibility index (Phi) is 2.14. The van der Waals surface area contributed by atoms with Gasteiger partial charge in [0.2, 0.25) is 6.41 Å². The number of hydrogen-bond donors (Lipinski definition) is 1. The minimum atomic E-state index is 0.678. The summed E-state index contributed by atoms with van der Waals surface area (Å²) in [4.78, 5) is 14.4. The van der Waals surface area contributed by atoms with Crippen molar-refractivity contribution < 1.29 is 4.79 Å². The third-order valence-corrected chi connectivity index (χ3v) is 2.19. The van der Waals surface area contributed by atoms with E-state index in [-0.39, 0.29) is 0 Å². The van der Waals surface area contributed by atoms with Crippen LogP contribution in [0, 0.1) is 6.92 Å².